The first kappa shape index (κ1) is 16.8. The van der Waals surface area contributed by atoms with Crippen LogP contribution in [0.2, 0.25) is 0 Å². The van der Waals surface area contributed by atoms with Crippen LogP contribution < -0.4 is 4.90 Å². The zero-order chi connectivity index (χ0) is 17.7. The van der Waals surface area contributed by atoms with Crippen molar-refractivity contribution in [1.29, 1.82) is 5.26 Å². The standard InChI is InChI=1S/C21H26N2O/c1-14(24)16(13-22)10-15-11-17-19-18(12-15)21(4,5)7-9-23(19)8-6-20(17,2)3/h10-12H,6-9H2,1-5H3/b16-10+. The Kier molecular flexibility index (Phi) is 3.83. The first-order valence-electron chi connectivity index (χ1n) is 8.72. The highest BCUT2D eigenvalue weighted by Crippen LogP contribution is 2.49. The highest BCUT2D eigenvalue weighted by atomic mass is 16.1. The molecule has 0 aromatic heterocycles. The summed E-state index contributed by atoms with van der Waals surface area (Å²) in [4.78, 5) is 14.2. The van der Waals surface area contributed by atoms with Crippen LogP contribution in [0.1, 0.15) is 64.2 Å². The Morgan fingerprint density at radius 2 is 1.62 bits per heavy atom. The second-order valence-electron chi connectivity index (χ2n) is 8.45. The Morgan fingerprint density at radius 1 is 1.12 bits per heavy atom. The minimum atomic E-state index is -0.177. The zero-order valence-corrected chi connectivity index (χ0v) is 15.4. The molecular formula is C21H26N2O. The second-order valence-corrected chi connectivity index (χ2v) is 8.45. The Hall–Kier alpha value is -2.08. The largest absolute Gasteiger partial charge is 0.371 e. The van der Waals surface area contributed by atoms with Gasteiger partial charge >= 0.3 is 0 Å². The molecule has 0 N–H and O–H groups in total. The van der Waals surface area contributed by atoms with Crippen molar-refractivity contribution in [3.63, 3.8) is 0 Å². The summed E-state index contributed by atoms with van der Waals surface area (Å²) >= 11 is 0. The molecule has 126 valence electrons. The van der Waals surface area contributed by atoms with E-state index >= 15 is 0 Å². The number of hydrogen-bond donors (Lipinski definition) is 0. The van der Waals surface area contributed by atoms with E-state index in [1.54, 1.807) is 6.08 Å². The topological polar surface area (TPSA) is 44.1 Å². The van der Waals surface area contributed by atoms with Crippen LogP contribution >= 0.6 is 0 Å². The number of anilines is 1. The van der Waals surface area contributed by atoms with Crippen LogP contribution in [0.3, 0.4) is 0 Å². The van der Waals surface area contributed by atoms with Gasteiger partial charge in [0.2, 0.25) is 0 Å². The Labute approximate surface area is 145 Å². The molecule has 24 heavy (non-hydrogen) atoms. The predicted molar refractivity (Wildman–Crippen MR) is 98.2 cm³/mol. The second kappa shape index (κ2) is 5.48. The first-order chi connectivity index (χ1) is 11.2. The molecule has 0 spiro atoms. The van der Waals surface area contributed by atoms with Crippen molar-refractivity contribution >= 4 is 17.5 Å². The molecule has 0 amide bonds. The van der Waals surface area contributed by atoms with Crippen molar-refractivity contribution in [3.8, 4) is 6.07 Å². The fourth-order valence-corrected chi connectivity index (χ4v) is 3.93. The van der Waals surface area contributed by atoms with Crippen LogP contribution in [0.15, 0.2) is 17.7 Å². The Morgan fingerprint density at radius 3 is 2.04 bits per heavy atom. The minimum Gasteiger partial charge on any atom is -0.371 e. The van der Waals surface area contributed by atoms with E-state index in [0.29, 0.717) is 0 Å². The average molecular weight is 322 g/mol. The average Bonchev–Trinajstić information content (AvgIpc) is 2.50. The van der Waals surface area contributed by atoms with Gasteiger partial charge in [0.15, 0.2) is 5.78 Å². The van der Waals surface area contributed by atoms with Crippen molar-refractivity contribution in [1.82, 2.24) is 0 Å². The first-order valence-corrected chi connectivity index (χ1v) is 8.72. The monoisotopic (exact) mass is 322 g/mol. The van der Waals surface area contributed by atoms with Gasteiger partial charge in [-0.05, 0) is 65.5 Å². The van der Waals surface area contributed by atoms with Crippen molar-refractivity contribution in [3.05, 3.63) is 34.4 Å². The van der Waals surface area contributed by atoms with Crippen molar-refractivity contribution < 1.29 is 4.79 Å². The van der Waals surface area contributed by atoms with Crippen LogP contribution in [0.25, 0.3) is 6.08 Å². The number of carbonyl (C=O) groups is 1. The minimum absolute atomic E-state index is 0.112. The van der Waals surface area contributed by atoms with Crippen molar-refractivity contribution in [2.24, 2.45) is 0 Å². The lowest BCUT2D eigenvalue weighted by molar-refractivity contribution is -0.113. The quantitative estimate of drug-likeness (QED) is 0.600. The molecule has 3 heteroatoms. The number of rotatable bonds is 2. The van der Waals surface area contributed by atoms with Gasteiger partial charge in [0.05, 0.1) is 5.57 Å². The van der Waals surface area contributed by atoms with Gasteiger partial charge in [-0.1, -0.05) is 27.7 Å². The zero-order valence-electron chi connectivity index (χ0n) is 15.4. The van der Waals surface area contributed by atoms with Gasteiger partial charge in [0.1, 0.15) is 6.07 Å². The van der Waals surface area contributed by atoms with E-state index in [9.17, 15) is 10.1 Å². The SMILES string of the molecule is CC(=O)/C(C#N)=C/c1cc2c3c(c1)C(C)(C)CCN3CCC2(C)C. The molecule has 1 aromatic rings. The molecule has 0 saturated heterocycles. The molecule has 0 atom stereocenters. The van der Waals surface area contributed by atoms with Gasteiger partial charge in [-0.25, -0.2) is 0 Å². The molecule has 2 aliphatic rings. The molecule has 0 fully saturated rings. The van der Waals surface area contributed by atoms with Gasteiger partial charge in [-0.15, -0.1) is 0 Å². The third-order valence-electron chi connectivity index (χ3n) is 5.73. The summed E-state index contributed by atoms with van der Waals surface area (Å²) in [5.41, 5.74) is 5.52. The van der Waals surface area contributed by atoms with E-state index in [1.807, 2.05) is 6.07 Å². The molecule has 0 aliphatic carbocycles. The lowest BCUT2D eigenvalue weighted by atomic mass is 9.69. The molecule has 0 saturated carbocycles. The van der Waals surface area contributed by atoms with Crippen molar-refractivity contribution in [2.45, 2.75) is 58.3 Å². The maximum Gasteiger partial charge on any atom is 0.170 e. The summed E-state index contributed by atoms with van der Waals surface area (Å²) in [7, 11) is 0. The van der Waals surface area contributed by atoms with Gasteiger partial charge in [-0.3, -0.25) is 4.79 Å². The molecule has 3 nitrogen and oxygen atoms in total. The van der Waals surface area contributed by atoms with Gasteiger partial charge in [0.25, 0.3) is 0 Å². The summed E-state index contributed by atoms with van der Waals surface area (Å²) in [6.07, 6.45) is 4.01. The lowest BCUT2D eigenvalue weighted by Crippen LogP contribution is -2.44. The Balaban J connectivity index is 2.27. The third-order valence-corrected chi connectivity index (χ3v) is 5.73. The van der Waals surface area contributed by atoms with Crippen LogP contribution in [-0.2, 0) is 15.6 Å². The maximum absolute atomic E-state index is 11.6. The highest BCUT2D eigenvalue weighted by Gasteiger charge is 2.39. The maximum atomic E-state index is 11.6. The van der Waals surface area contributed by atoms with Crippen LogP contribution in [0.4, 0.5) is 5.69 Å². The van der Waals surface area contributed by atoms with E-state index in [0.717, 1.165) is 31.5 Å². The number of nitrogens with zero attached hydrogens (tertiary/aromatic N) is 2. The molecule has 0 bridgehead atoms. The van der Waals surface area contributed by atoms with E-state index < -0.39 is 0 Å². The molecule has 2 aliphatic heterocycles. The van der Waals surface area contributed by atoms with E-state index in [-0.39, 0.29) is 22.2 Å². The normalized spacial score (nSPS) is 21.0. The summed E-state index contributed by atoms with van der Waals surface area (Å²) in [5.74, 6) is -0.177. The summed E-state index contributed by atoms with van der Waals surface area (Å²) in [5, 5.41) is 9.23. The summed E-state index contributed by atoms with van der Waals surface area (Å²) in [6, 6.07) is 6.41. The molecular weight excluding hydrogens is 296 g/mol. The fraction of sp³-hybridized carbons (Fsp3) is 0.524. The van der Waals surface area contributed by atoms with E-state index in [1.165, 1.54) is 23.7 Å². The van der Waals surface area contributed by atoms with Crippen LogP contribution in [0, 0.1) is 11.3 Å². The van der Waals surface area contributed by atoms with Crippen LogP contribution in [0.5, 0.6) is 0 Å². The lowest BCUT2D eigenvalue weighted by Gasteiger charge is -2.48. The summed E-state index contributed by atoms with van der Waals surface area (Å²) in [6.45, 7) is 12.9. The number of allylic oxidation sites excluding steroid dienone is 1. The predicted octanol–water partition coefficient (Wildman–Crippen LogP) is 4.35. The van der Waals surface area contributed by atoms with E-state index in [4.69, 9.17) is 0 Å². The van der Waals surface area contributed by atoms with Gasteiger partial charge in [0, 0.05) is 18.8 Å². The van der Waals surface area contributed by atoms with Crippen LogP contribution in [-0.4, -0.2) is 18.9 Å². The molecule has 0 unspecified atom stereocenters. The van der Waals surface area contributed by atoms with Gasteiger partial charge in [-0.2, -0.15) is 5.26 Å². The number of nitriles is 1. The summed E-state index contributed by atoms with van der Waals surface area (Å²) < 4.78 is 0. The van der Waals surface area contributed by atoms with Gasteiger partial charge < -0.3 is 4.90 Å². The number of hydrogen-bond acceptors (Lipinski definition) is 3. The van der Waals surface area contributed by atoms with Crippen molar-refractivity contribution in [2.75, 3.05) is 18.0 Å². The number of benzene rings is 1. The molecule has 2 heterocycles. The smallest absolute Gasteiger partial charge is 0.170 e. The Bertz CT molecular complexity index is 737. The number of Topliss-reactive ketones (excluding diaryl/α,β-unsaturated/α-hetero) is 1. The highest BCUT2D eigenvalue weighted by molar-refractivity contribution is 6.01. The molecule has 1 aromatic carbocycles. The third kappa shape index (κ3) is 2.65. The number of carbonyl (C=O) groups excluding carboxylic acids is 1. The fourth-order valence-electron chi connectivity index (χ4n) is 3.93. The molecule has 0 radical (unpaired) electrons. The van der Waals surface area contributed by atoms with E-state index in [2.05, 4.69) is 44.7 Å². The molecule has 3 rings (SSSR count). The number of ketones is 1.